The molecule has 0 aliphatic carbocycles. The molecule has 0 aliphatic rings. The maximum Gasteiger partial charge on any atom is 0.274 e. The van der Waals surface area contributed by atoms with Gasteiger partial charge in [-0.2, -0.15) is 9.78 Å². The van der Waals surface area contributed by atoms with Crippen LogP contribution in [0.4, 0.5) is 8.78 Å². The molecule has 0 saturated heterocycles. The van der Waals surface area contributed by atoms with E-state index in [-0.39, 0.29) is 17.8 Å². The SMILES string of the molecule is CN(Cc1ccc(F)c(F)c1)C(=O)c1ccc(=O)n(-c2ccccc2)n1. The first-order chi connectivity index (χ1) is 12.5. The van der Waals surface area contributed by atoms with Gasteiger partial charge >= 0.3 is 0 Å². The Kier molecular flexibility index (Phi) is 4.88. The highest BCUT2D eigenvalue weighted by molar-refractivity contribution is 5.91. The summed E-state index contributed by atoms with van der Waals surface area (Å²) in [6, 6.07) is 14.8. The fourth-order valence-corrected chi connectivity index (χ4v) is 2.46. The average molecular weight is 355 g/mol. The number of hydrogen-bond acceptors (Lipinski definition) is 3. The molecule has 0 saturated carbocycles. The summed E-state index contributed by atoms with van der Waals surface area (Å²) in [5.41, 5.74) is 0.682. The number of halogens is 2. The minimum absolute atomic E-state index is 0.0681. The zero-order valence-electron chi connectivity index (χ0n) is 13.9. The van der Waals surface area contributed by atoms with Crippen molar-refractivity contribution in [1.82, 2.24) is 14.7 Å². The van der Waals surface area contributed by atoms with Crippen LogP contribution in [0.15, 0.2) is 65.5 Å². The fourth-order valence-electron chi connectivity index (χ4n) is 2.46. The van der Waals surface area contributed by atoms with Crippen molar-refractivity contribution in [2.24, 2.45) is 0 Å². The highest BCUT2D eigenvalue weighted by Gasteiger charge is 2.16. The average Bonchev–Trinajstić information content (AvgIpc) is 2.65. The Bertz CT molecular complexity index is 1000. The van der Waals surface area contributed by atoms with E-state index in [9.17, 15) is 18.4 Å². The molecule has 1 heterocycles. The summed E-state index contributed by atoms with van der Waals surface area (Å²) in [6.07, 6.45) is 0. The number of aromatic nitrogens is 2. The molecular weight excluding hydrogens is 340 g/mol. The minimum atomic E-state index is -0.973. The summed E-state index contributed by atoms with van der Waals surface area (Å²) < 4.78 is 27.5. The monoisotopic (exact) mass is 355 g/mol. The molecule has 0 fully saturated rings. The van der Waals surface area contributed by atoms with Gasteiger partial charge in [0.2, 0.25) is 0 Å². The first-order valence-electron chi connectivity index (χ1n) is 7.81. The number of hydrogen-bond donors (Lipinski definition) is 0. The third-order valence-corrected chi connectivity index (χ3v) is 3.77. The second-order valence-corrected chi connectivity index (χ2v) is 5.71. The van der Waals surface area contributed by atoms with Crippen LogP contribution in [0.3, 0.4) is 0 Å². The van der Waals surface area contributed by atoms with Crippen molar-refractivity contribution in [1.29, 1.82) is 0 Å². The summed E-state index contributed by atoms with van der Waals surface area (Å²) in [5, 5.41) is 4.12. The predicted molar refractivity (Wildman–Crippen MR) is 92.0 cm³/mol. The molecule has 0 aliphatic heterocycles. The maximum absolute atomic E-state index is 13.3. The van der Waals surface area contributed by atoms with E-state index in [0.29, 0.717) is 11.3 Å². The first-order valence-corrected chi connectivity index (χ1v) is 7.81. The van der Waals surface area contributed by atoms with Crippen LogP contribution in [0.5, 0.6) is 0 Å². The smallest absolute Gasteiger partial charge is 0.274 e. The van der Waals surface area contributed by atoms with Crippen molar-refractivity contribution in [3.05, 3.63) is 93.9 Å². The number of carbonyl (C=O) groups excluding carboxylic acids is 1. The summed E-state index contributed by atoms with van der Waals surface area (Å²) >= 11 is 0. The highest BCUT2D eigenvalue weighted by atomic mass is 19.2. The molecule has 1 aromatic heterocycles. The van der Waals surface area contributed by atoms with Crippen LogP contribution in [0, 0.1) is 11.6 Å². The molecule has 3 aromatic rings. The molecule has 0 spiro atoms. The van der Waals surface area contributed by atoms with Crippen LogP contribution < -0.4 is 5.56 Å². The van der Waals surface area contributed by atoms with Crippen LogP contribution in [-0.4, -0.2) is 27.6 Å². The zero-order chi connectivity index (χ0) is 18.7. The normalized spacial score (nSPS) is 10.6. The lowest BCUT2D eigenvalue weighted by Crippen LogP contribution is -2.30. The standard InChI is InChI=1S/C19H15F2N3O2/c1-23(12-13-7-8-15(20)16(21)11-13)19(26)17-9-10-18(25)24(22-17)14-5-3-2-4-6-14/h2-11H,12H2,1H3. The second kappa shape index (κ2) is 7.26. The van der Waals surface area contributed by atoms with Crippen LogP contribution in [0.25, 0.3) is 5.69 Å². The van der Waals surface area contributed by atoms with Gasteiger partial charge in [-0.15, -0.1) is 0 Å². The van der Waals surface area contributed by atoms with Gasteiger partial charge in [0, 0.05) is 19.7 Å². The quantitative estimate of drug-likeness (QED) is 0.723. The van der Waals surface area contributed by atoms with Crippen LogP contribution in [0.1, 0.15) is 16.1 Å². The molecule has 0 unspecified atom stereocenters. The van der Waals surface area contributed by atoms with Gasteiger partial charge in [-0.05, 0) is 35.9 Å². The van der Waals surface area contributed by atoms with Crippen molar-refractivity contribution in [3.8, 4) is 5.69 Å². The topological polar surface area (TPSA) is 55.2 Å². The number of para-hydroxylation sites is 1. The molecule has 0 N–H and O–H groups in total. The van der Waals surface area contributed by atoms with E-state index in [1.165, 1.54) is 30.1 Å². The molecule has 132 valence electrons. The Morgan fingerprint density at radius 2 is 1.77 bits per heavy atom. The van der Waals surface area contributed by atoms with E-state index >= 15 is 0 Å². The Balaban J connectivity index is 1.85. The molecule has 7 heteroatoms. The fraction of sp³-hybridized carbons (Fsp3) is 0.105. The van der Waals surface area contributed by atoms with Gasteiger partial charge < -0.3 is 4.90 Å². The van der Waals surface area contributed by atoms with Gasteiger partial charge in [0.25, 0.3) is 11.5 Å². The van der Waals surface area contributed by atoms with Crippen molar-refractivity contribution in [3.63, 3.8) is 0 Å². The van der Waals surface area contributed by atoms with E-state index in [2.05, 4.69) is 5.10 Å². The van der Waals surface area contributed by atoms with Gasteiger partial charge in [0.05, 0.1) is 5.69 Å². The van der Waals surface area contributed by atoms with Crippen molar-refractivity contribution < 1.29 is 13.6 Å². The van der Waals surface area contributed by atoms with E-state index in [1.54, 1.807) is 30.3 Å². The predicted octanol–water partition coefficient (Wildman–Crippen LogP) is 2.78. The number of carbonyl (C=O) groups is 1. The van der Waals surface area contributed by atoms with E-state index in [0.717, 1.165) is 16.8 Å². The molecule has 0 radical (unpaired) electrons. The molecule has 5 nitrogen and oxygen atoms in total. The summed E-state index contributed by atoms with van der Waals surface area (Å²) in [6.45, 7) is 0.0716. The van der Waals surface area contributed by atoms with Gasteiger partial charge in [-0.1, -0.05) is 24.3 Å². The third-order valence-electron chi connectivity index (χ3n) is 3.77. The first kappa shape index (κ1) is 17.5. The molecule has 0 atom stereocenters. The third kappa shape index (κ3) is 3.66. The molecule has 1 amide bonds. The largest absolute Gasteiger partial charge is 0.336 e. The Labute approximate surface area is 148 Å². The summed E-state index contributed by atoms with van der Waals surface area (Å²) in [4.78, 5) is 25.9. The number of rotatable bonds is 4. The molecule has 2 aromatic carbocycles. The van der Waals surface area contributed by atoms with Crippen LogP contribution in [0.2, 0.25) is 0 Å². The van der Waals surface area contributed by atoms with Crippen molar-refractivity contribution in [2.45, 2.75) is 6.54 Å². The molecule has 3 rings (SSSR count). The van der Waals surface area contributed by atoms with Crippen molar-refractivity contribution in [2.75, 3.05) is 7.05 Å². The lowest BCUT2D eigenvalue weighted by Gasteiger charge is -2.17. The molecule has 0 bridgehead atoms. The van der Waals surface area contributed by atoms with E-state index in [4.69, 9.17) is 0 Å². The zero-order valence-corrected chi connectivity index (χ0v) is 13.9. The van der Waals surface area contributed by atoms with E-state index in [1.807, 2.05) is 0 Å². The molecule has 26 heavy (non-hydrogen) atoms. The van der Waals surface area contributed by atoms with Gasteiger partial charge in [0.1, 0.15) is 5.69 Å². The number of nitrogens with zero attached hydrogens (tertiary/aromatic N) is 3. The number of amides is 1. The van der Waals surface area contributed by atoms with Gasteiger partial charge in [-0.25, -0.2) is 8.78 Å². The summed E-state index contributed by atoms with van der Waals surface area (Å²) in [7, 11) is 1.52. The Morgan fingerprint density at radius 1 is 1.04 bits per heavy atom. The minimum Gasteiger partial charge on any atom is -0.336 e. The second-order valence-electron chi connectivity index (χ2n) is 5.71. The lowest BCUT2D eigenvalue weighted by molar-refractivity contribution is 0.0777. The Morgan fingerprint density at radius 3 is 2.46 bits per heavy atom. The highest BCUT2D eigenvalue weighted by Crippen LogP contribution is 2.12. The van der Waals surface area contributed by atoms with Crippen LogP contribution >= 0.6 is 0 Å². The summed E-state index contributed by atoms with van der Waals surface area (Å²) in [5.74, 6) is -2.36. The van der Waals surface area contributed by atoms with Gasteiger partial charge in [0.15, 0.2) is 11.6 Å². The van der Waals surface area contributed by atoms with E-state index < -0.39 is 17.5 Å². The van der Waals surface area contributed by atoms with Crippen LogP contribution in [-0.2, 0) is 6.54 Å². The molecular formula is C19H15F2N3O2. The van der Waals surface area contributed by atoms with Gasteiger partial charge in [-0.3, -0.25) is 9.59 Å². The number of benzene rings is 2. The van der Waals surface area contributed by atoms with Crippen molar-refractivity contribution >= 4 is 5.91 Å². The lowest BCUT2D eigenvalue weighted by atomic mass is 10.2. The maximum atomic E-state index is 13.3. The Hall–Kier alpha value is -3.35.